The molecule has 1 N–H and O–H groups in total. The SMILES string of the molecule is Cc1c(C2CC2)noc1N(C1CCOCC1)S(=O)(=O)/N=C(\[O-])Nc1c2c(cc3c1CCC3)CCC2. The monoisotopic (exact) mass is 499 g/mol. The minimum absolute atomic E-state index is 0.164. The van der Waals surface area contributed by atoms with Crippen LogP contribution in [0.5, 0.6) is 0 Å². The molecule has 0 atom stereocenters. The molecule has 2 heterocycles. The summed E-state index contributed by atoms with van der Waals surface area (Å²) in [5, 5.41) is 20.2. The number of rotatable bonds is 6. The number of ether oxygens (including phenoxy) is 1. The van der Waals surface area contributed by atoms with Crippen molar-refractivity contribution in [1.82, 2.24) is 5.16 Å². The predicted molar refractivity (Wildman–Crippen MR) is 130 cm³/mol. The van der Waals surface area contributed by atoms with Crippen molar-refractivity contribution in [3.05, 3.63) is 39.6 Å². The summed E-state index contributed by atoms with van der Waals surface area (Å²) < 4.78 is 43.2. The lowest BCUT2D eigenvalue weighted by Gasteiger charge is -2.32. The molecule has 188 valence electrons. The van der Waals surface area contributed by atoms with Crippen molar-refractivity contribution < 1.29 is 22.8 Å². The Balaban J connectivity index is 1.35. The fourth-order valence-corrected chi connectivity index (χ4v) is 7.22. The number of amidine groups is 1. The van der Waals surface area contributed by atoms with Gasteiger partial charge in [0.1, 0.15) is 0 Å². The molecule has 3 aliphatic carbocycles. The lowest BCUT2D eigenvalue weighted by atomic mass is 9.99. The molecule has 1 saturated heterocycles. The summed E-state index contributed by atoms with van der Waals surface area (Å²) in [4.78, 5) is 0. The molecule has 1 aliphatic heterocycles. The molecule has 1 aromatic heterocycles. The maximum atomic E-state index is 13.6. The maximum absolute atomic E-state index is 13.6. The number of hydrogen-bond acceptors (Lipinski definition) is 6. The number of aromatic nitrogens is 1. The number of nitrogens with one attached hydrogen (secondary N) is 1. The number of anilines is 2. The molecular weight excluding hydrogens is 468 g/mol. The van der Waals surface area contributed by atoms with Crippen molar-refractivity contribution in [2.24, 2.45) is 4.40 Å². The van der Waals surface area contributed by atoms with Crippen LogP contribution in [0.15, 0.2) is 15.0 Å². The Kier molecular flexibility index (Phi) is 5.75. The summed E-state index contributed by atoms with van der Waals surface area (Å²) >= 11 is 0. The van der Waals surface area contributed by atoms with E-state index in [2.05, 4.69) is 20.9 Å². The quantitative estimate of drug-likeness (QED) is 0.479. The van der Waals surface area contributed by atoms with Gasteiger partial charge in [-0.25, -0.2) is 4.31 Å². The molecule has 0 radical (unpaired) electrons. The third kappa shape index (κ3) is 4.20. The van der Waals surface area contributed by atoms with E-state index < -0.39 is 22.3 Å². The van der Waals surface area contributed by atoms with Gasteiger partial charge in [0, 0.05) is 30.4 Å². The van der Waals surface area contributed by atoms with Gasteiger partial charge in [0.25, 0.3) is 0 Å². The van der Waals surface area contributed by atoms with E-state index in [9.17, 15) is 13.5 Å². The first-order valence-corrected chi connectivity index (χ1v) is 14.1. The van der Waals surface area contributed by atoms with E-state index >= 15 is 0 Å². The van der Waals surface area contributed by atoms with Crippen LogP contribution in [0, 0.1) is 6.92 Å². The van der Waals surface area contributed by atoms with E-state index in [1.54, 1.807) is 0 Å². The van der Waals surface area contributed by atoms with Crippen LogP contribution in [0.4, 0.5) is 11.6 Å². The number of benzene rings is 1. The van der Waals surface area contributed by atoms with Crippen molar-refractivity contribution in [3.8, 4) is 0 Å². The molecule has 0 amide bonds. The Morgan fingerprint density at radius 3 is 2.37 bits per heavy atom. The second kappa shape index (κ2) is 8.81. The Morgan fingerprint density at radius 1 is 1.09 bits per heavy atom. The lowest BCUT2D eigenvalue weighted by Crippen LogP contribution is -2.44. The summed E-state index contributed by atoms with van der Waals surface area (Å²) in [6.45, 7) is 2.71. The van der Waals surface area contributed by atoms with Crippen molar-refractivity contribution in [1.29, 1.82) is 0 Å². The summed E-state index contributed by atoms with van der Waals surface area (Å²) in [7, 11) is -4.38. The summed E-state index contributed by atoms with van der Waals surface area (Å²) in [6, 6.07) is 0.996. The van der Waals surface area contributed by atoms with Crippen LogP contribution < -0.4 is 14.7 Å². The first-order chi connectivity index (χ1) is 16.9. The highest BCUT2D eigenvalue weighted by Crippen LogP contribution is 2.44. The van der Waals surface area contributed by atoms with Crippen molar-refractivity contribution in [2.45, 2.75) is 83.1 Å². The Bertz CT molecular complexity index is 1240. The highest BCUT2D eigenvalue weighted by atomic mass is 32.2. The van der Waals surface area contributed by atoms with Crippen LogP contribution in [0.1, 0.15) is 78.0 Å². The molecule has 4 aliphatic rings. The van der Waals surface area contributed by atoms with E-state index in [1.165, 1.54) is 15.4 Å². The predicted octanol–water partition coefficient (Wildman–Crippen LogP) is 2.90. The zero-order valence-electron chi connectivity index (χ0n) is 20.0. The summed E-state index contributed by atoms with van der Waals surface area (Å²) in [6.07, 6.45) is 8.89. The van der Waals surface area contributed by atoms with Gasteiger partial charge in [0.15, 0.2) is 0 Å². The molecule has 2 fully saturated rings. The highest BCUT2D eigenvalue weighted by Gasteiger charge is 2.38. The minimum atomic E-state index is -4.38. The Hall–Kier alpha value is -2.59. The molecule has 6 rings (SSSR count). The molecule has 0 bridgehead atoms. The van der Waals surface area contributed by atoms with Gasteiger partial charge in [0.2, 0.25) is 5.88 Å². The van der Waals surface area contributed by atoms with E-state index in [0.717, 1.165) is 73.9 Å². The van der Waals surface area contributed by atoms with E-state index in [4.69, 9.17) is 9.26 Å². The smallest absolute Gasteiger partial charge is 0.348 e. The first-order valence-electron chi connectivity index (χ1n) is 12.7. The molecule has 2 aromatic rings. The minimum Gasteiger partial charge on any atom is -0.845 e. The average molecular weight is 500 g/mol. The number of fused-ring (bicyclic) bond motifs is 2. The fraction of sp³-hybridized carbons (Fsp3) is 0.600. The van der Waals surface area contributed by atoms with Crippen LogP contribution in [0.25, 0.3) is 0 Å². The Labute approximate surface area is 205 Å². The van der Waals surface area contributed by atoms with Gasteiger partial charge in [-0.05, 0) is 93.4 Å². The Morgan fingerprint density at radius 2 is 1.74 bits per heavy atom. The molecule has 35 heavy (non-hydrogen) atoms. The van der Waals surface area contributed by atoms with Gasteiger partial charge in [-0.1, -0.05) is 11.2 Å². The number of nitrogens with zero attached hydrogens (tertiary/aromatic N) is 3. The third-order valence-electron chi connectivity index (χ3n) is 7.77. The molecule has 1 aromatic carbocycles. The lowest BCUT2D eigenvalue weighted by molar-refractivity contribution is -0.213. The molecule has 10 heteroatoms. The average Bonchev–Trinajstić information content (AvgIpc) is 3.20. The van der Waals surface area contributed by atoms with Crippen molar-refractivity contribution in [2.75, 3.05) is 22.8 Å². The van der Waals surface area contributed by atoms with Crippen molar-refractivity contribution >= 4 is 27.8 Å². The molecule has 9 nitrogen and oxygen atoms in total. The number of aryl methyl sites for hydroxylation is 2. The fourth-order valence-electron chi connectivity index (χ4n) is 5.91. The summed E-state index contributed by atoms with van der Waals surface area (Å²) in [5.41, 5.74) is 7.07. The highest BCUT2D eigenvalue weighted by molar-refractivity contribution is 7.91. The van der Waals surface area contributed by atoms with Crippen molar-refractivity contribution in [3.63, 3.8) is 0 Å². The standard InChI is InChI=1S/C25H32N4O5S/c1-15-22(16-8-9-16)27-34-24(15)29(19-10-12-33-13-11-19)35(31,32)28-25(30)26-23-20-6-2-4-17(20)14-18-5-3-7-21(18)23/h14,16,19H,2-13H2,1H3,(H2,26,28,30)/p-1. The van der Waals surface area contributed by atoms with Gasteiger partial charge in [-0.2, -0.15) is 8.42 Å². The first kappa shape index (κ1) is 22.8. The number of hydrogen-bond donors (Lipinski definition) is 1. The molecule has 1 saturated carbocycles. The maximum Gasteiger partial charge on any atom is 0.348 e. The van der Waals surface area contributed by atoms with Crippen LogP contribution in [-0.2, 0) is 40.6 Å². The molecular formula is C25H31N4O5S-. The second-order valence-electron chi connectivity index (χ2n) is 10.1. The van der Waals surface area contributed by atoms with Crippen LogP contribution in [0.2, 0.25) is 0 Å². The zero-order valence-corrected chi connectivity index (χ0v) is 20.8. The largest absolute Gasteiger partial charge is 0.845 e. The van der Waals surface area contributed by atoms with Crippen LogP contribution in [-0.4, -0.2) is 38.9 Å². The van der Waals surface area contributed by atoms with Gasteiger partial charge in [-0.15, -0.1) is 4.40 Å². The van der Waals surface area contributed by atoms with Gasteiger partial charge >= 0.3 is 10.2 Å². The third-order valence-corrected chi connectivity index (χ3v) is 9.13. The van der Waals surface area contributed by atoms with Crippen LogP contribution in [0.3, 0.4) is 0 Å². The second-order valence-corrected chi connectivity index (χ2v) is 11.6. The zero-order chi connectivity index (χ0) is 24.2. The topological polar surface area (TPSA) is 120 Å². The van der Waals surface area contributed by atoms with Gasteiger partial charge in [-0.3, -0.25) is 0 Å². The van der Waals surface area contributed by atoms with Gasteiger partial charge in [0.05, 0.1) is 17.8 Å². The van der Waals surface area contributed by atoms with Gasteiger partial charge < -0.3 is 19.7 Å². The van der Waals surface area contributed by atoms with E-state index in [-0.39, 0.29) is 5.88 Å². The molecule has 0 spiro atoms. The van der Waals surface area contributed by atoms with Crippen LogP contribution >= 0.6 is 0 Å². The van der Waals surface area contributed by atoms with E-state index in [0.29, 0.717) is 37.5 Å². The summed E-state index contributed by atoms with van der Waals surface area (Å²) in [5.74, 6) is 0.478. The van der Waals surface area contributed by atoms with E-state index in [1.807, 2.05) is 6.92 Å². The molecule has 0 unspecified atom stereocenters. The normalized spacial score (nSPS) is 20.7.